The third-order valence-electron chi connectivity index (χ3n) is 5.49. The van der Waals surface area contributed by atoms with Crippen LogP contribution in [0.15, 0.2) is 66.7 Å². The number of rotatable bonds is 5. The number of urea groups is 1. The molecule has 1 heterocycles. The van der Waals surface area contributed by atoms with Crippen molar-refractivity contribution in [3.05, 3.63) is 95.1 Å². The van der Waals surface area contributed by atoms with Gasteiger partial charge in [-0.05, 0) is 53.4 Å². The van der Waals surface area contributed by atoms with Crippen LogP contribution >= 0.6 is 0 Å². The van der Waals surface area contributed by atoms with Gasteiger partial charge in [-0.1, -0.05) is 36.4 Å². The Hall–Kier alpha value is -3.78. The number of carbonyl (C=O) groups is 2. The van der Waals surface area contributed by atoms with Gasteiger partial charge in [0.1, 0.15) is 17.7 Å². The molecule has 164 valence electrons. The Morgan fingerprint density at radius 2 is 1.59 bits per heavy atom. The van der Waals surface area contributed by atoms with Crippen molar-refractivity contribution in [2.24, 2.45) is 5.73 Å². The maximum atomic E-state index is 13.8. The first-order valence-corrected chi connectivity index (χ1v) is 10.1. The highest BCUT2D eigenvalue weighted by molar-refractivity contribution is 6.00. The Bertz CT molecular complexity index is 1150. The van der Waals surface area contributed by atoms with Crippen molar-refractivity contribution >= 4 is 23.3 Å². The van der Waals surface area contributed by atoms with Crippen LogP contribution in [0.3, 0.4) is 0 Å². The summed E-state index contributed by atoms with van der Waals surface area (Å²) < 4.78 is 27.1. The molecule has 1 unspecified atom stereocenters. The maximum Gasteiger partial charge on any atom is 0.323 e. The number of para-hydroxylation sites is 1. The topological polar surface area (TPSA) is 87.5 Å². The molecule has 0 spiro atoms. The molecule has 3 amide bonds. The average molecular weight is 436 g/mol. The smallest absolute Gasteiger partial charge is 0.323 e. The summed E-state index contributed by atoms with van der Waals surface area (Å²) in [6.45, 7) is 0.955. The van der Waals surface area contributed by atoms with Crippen LogP contribution in [0.25, 0.3) is 0 Å². The molecule has 1 aliphatic heterocycles. The van der Waals surface area contributed by atoms with E-state index in [2.05, 4.69) is 10.6 Å². The molecule has 1 aliphatic rings. The van der Waals surface area contributed by atoms with Crippen molar-refractivity contribution in [1.82, 2.24) is 4.90 Å². The quantitative estimate of drug-likeness (QED) is 0.560. The Morgan fingerprint density at radius 1 is 0.906 bits per heavy atom. The molecule has 32 heavy (non-hydrogen) atoms. The fourth-order valence-electron chi connectivity index (χ4n) is 4.01. The van der Waals surface area contributed by atoms with Crippen LogP contribution < -0.4 is 16.4 Å². The van der Waals surface area contributed by atoms with Crippen molar-refractivity contribution in [2.75, 3.05) is 17.2 Å². The molecule has 0 saturated carbocycles. The minimum atomic E-state index is -0.690. The number of amides is 3. The van der Waals surface area contributed by atoms with Crippen molar-refractivity contribution in [3.63, 3.8) is 0 Å². The molecule has 3 aromatic rings. The van der Waals surface area contributed by atoms with Crippen LogP contribution in [0.5, 0.6) is 0 Å². The zero-order valence-electron chi connectivity index (χ0n) is 17.1. The minimum Gasteiger partial charge on any atom is -0.368 e. The second kappa shape index (κ2) is 9.15. The van der Waals surface area contributed by atoms with E-state index >= 15 is 0 Å². The van der Waals surface area contributed by atoms with Crippen LogP contribution in [-0.4, -0.2) is 23.4 Å². The monoisotopic (exact) mass is 436 g/mol. The molecule has 0 fully saturated rings. The predicted octanol–water partition coefficient (Wildman–Crippen LogP) is 4.19. The van der Waals surface area contributed by atoms with Gasteiger partial charge in [-0.15, -0.1) is 0 Å². The van der Waals surface area contributed by atoms with Gasteiger partial charge in [0.25, 0.3) is 0 Å². The summed E-state index contributed by atoms with van der Waals surface area (Å²) in [5.74, 6) is -1.42. The van der Waals surface area contributed by atoms with E-state index in [-0.39, 0.29) is 11.5 Å². The first-order valence-electron chi connectivity index (χ1n) is 10.1. The summed E-state index contributed by atoms with van der Waals surface area (Å²) in [5, 5.41) is 5.29. The molecule has 3 aromatic carbocycles. The van der Waals surface area contributed by atoms with E-state index in [1.165, 1.54) is 24.3 Å². The molecule has 0 radical (unpaired) electrons. The van der Waals surface area contributed by atoms with Gasteiger partial charge in [0, 0.05) is 18.8 Å². The molecule has 1 atom stereocenters. The van der Waals surface area contributed by atoms with Crippen LogP contribution in [-0.2, 0) is 17.8 Å². The summed E-state index contributed by atoms with van der Waals surface area (Å²) in [7, 11) is 0. The van der Waals surface area contributed by atoms with Crippen molar-refractivity contribution in [2.45, 2.75) is 19.0 Å². The Labute approximate surface area is 184 Å². The summed E-state index contributed by atoms with van der Waals surface area (Å²) in [6.07, 6.45) is 0.566. The molecule has 0 bridgehead atoms. The fourth-order valence-corrected chi connectivity index (χ4v) is 4.01. The Kier molecular flexibility index (Phi) is 6.13. The molecule has 0 aromatic heterocycles. The first kappa shape index (κ1) is 21.5. The standard InChI is InChI=1S/C24H22F2N4O2/c25-17-10-8-15(9-11-17)22(23(27)31)30-13-12-18-16(14-30)4-3-7-20(18)28-24(32)29-21-6-2-1-5-19(21)26/h1-11,22H,12-14H2,(H2,27,31)(H2,28,29,32). The highest BCUT2D eigenvalue weighted by Gasteiger charge is 2.30. The van der Waals surface area contributed by atoms with Crippen molar-refractivity contribution in [3.8, 4) is 0 Å². The number of hydrogen-bond acceptors (Lipinski definition) is 3. The lowest BCUT2D eigenvalue weighted by atomic mass is 9.94. The van der Waals surface area contributed by atoms with Gasteiger partial charge in [-0.3, -0.25) is 9.69 Å². The number of carbonyl (C=O) groups excluding carboxylic acids is 2. The predicted molar refractivity (Wildman–Crippen MR) is 118 cm³/mol. The summed E-state index contributed by atoms with van der Waals surface area (Å²) in [6, 6.07) is 15.9. The number of nitrogens with one attached hydrogen (secondary N) is 2. The van der Waals surface area contributed by atoms with Gasteiger partial charge in [-0.2, -0.15) is 0 Å². The Balaban J connectivity index is 1.51. The third-order valence-corrected chi connectivity index (χ3v) is 5.49. The lowest BCUT2D eigenvalue weighted by Gasteiger charge is -2.35. The lowest BCUT2D eigenvalue weighted by molar-refractivity contribution is -0.123. The third kappa shape index (κ3) is 4.60. The van der Waals surface area contributed by atoms with Gasteiger partial charge in [0.15, 0.2) is 0 Å². The van der Waals surface area contributed by atoms with Crippen molar-refractivity contribution < 1.29 is 18.4 Å². The van der Waals surface area contributed by atoms with Gasteiger partial charge >= 0.3 is 6.03 Å². The number of benzene rings is 3. The van der Waals surface area contributed by atoms with Crippen LogP contribution in [0.1, 0.15) is 22.7 Å². The largest absolute Gasteiger partial charge is 0.368 e. The molecule has 8 heteroatoms. The van der Waals surface area contributed by atoms with Crippen molar-refractivity contribution in [1.29, 1.82) is 0 Å². The summed E-state index contributed by atoms with van der Waals surface area (Å²) in [5.41, 5.74) is 8.88. The summed E-state index contributed by atoms with van der Waals surface area (Å²) in [4.78, 5) is 26.5. The van der Waals surface area contributed by atoms with Crippen LogP contribution in [0, 0.1) is 11.6 Å². The maximum absolute atomic E-state index is 13.8. The van der Waals surface area contributed by atoms with Crippen LogP contribution in [0.4, 0.5) is 25.0 Å². The molecule has 0 saturated heterocycles. The summed E-state index contributed by atoms with van der Waals surface area (Å²) >= 11 is 0. The van der Waals surface area contributed by atoms with E-state index in [1.54, 1.807) is 36.4 Å². The molecular weight excluding hydrogens is 414 g/mol. The fraction of sp³-hybridized carbons (Fsp3) is 0.167. The second-order valence-corrected chi connectivity index (χ2v) is 7.58. The molecule has 4 N–H and O–H groups in total. The van der Waals surface area contributed by atoms with E-state index in [9.17, 15) is 18.4 Å². The minimum absolute atomic E-state index is 0.0876. The first-order chi connectivity index (χ1) is 15.4. The van der Waals surface area contributed by atoms with E-state index in [1.807, 2.05) is 11.0 Å². The van der Waals surface area contributed by atoms with Gasteiger partial charge in [-0.25, -0.2) is 13.6 Å². The van der Waals surface area contributed by atoms with E-state index < -0.39 is 23.8 Å². The highest BCUT2D eigenvalue weighted by Crippen LogP contribution is 2.31. The molecule has 4 rings (SSSR count). The van der Waals surface area contributed by atoms with E-state index in [0.29, 0.717) is 30.8 Å². The zero-order valence-corrected chi connectivity index (χ0v) is 17.1. The number of fused-ring (bicyclic) bond motifs is 1. The number of hydrogen-bond donors (Lipinski definition) is 3. The lowest BCUT2D eigenvalue weighted by Crippen LogP contribution is -2.41. The van der Waals surface area contributed by atoms with Gasteiger partial charge in [0.2, 0.25) is 5.91 Å². The Morgan fingerprint density at radius 3 is 2.31 bits per heavy atom. The zero-order chi connectivity index (χ0) is 22.7. The molecule has 0 aliphatic carbocycles. The SMILES string of the molecule is NC(=O)C(c1ccc(F)cc1)N1CCc2c(cccc2NC(=O)Nc2ccccc2F)C1. The molecular formula is C24H22F2N4O2. The van der Waals surface area contributed by atoms with E-state index in [4.69, 9.17) is 5.73 Å². The number of nitrogens with two attached hydrogens (primary N) is 1. The van der Waals surface area contributed by atoms with E-state index in [0.717, 1.165) is 11.1 Å². The molecule has 6 nitrogen and oxygen atoms in total. The highest BCUT2D eigenvalue weighted by atomic mass is 19.1. The normalized spacial score (nSPS) is 14.3. The number of anilines is 2. The number of nitrogens with zero attached hydrogens (tertiary/aromatic N) is 1. The average Bonchev–Trinajstić information content (AvgIpc) is 2.77. The second-order valence-electron chi connectivity index (χ2n) is 7.58. The number of primary amides is 1. The van der Waals surface area contributed by atoms with Gasteiger partial charge < -0.3 is 16.4 Å². The van der Waals surface area contributed by atoms with Gasteiger partial charge in [0.05, 0.1) is 5.69 Å². The van der Waals surface area contributed by atoms with Crippen LogP contribution in [0.2, 0.25) is 0 Å². The number of halogens is 2.